The smallest absolute Gasteiger partial charge is 0.347 e. The molecule has 1 aliphatic rings. The van der Waals surface area contributed by atoms with Gasteiger partial charge in [-0.15, -0.1) is 0 Å². The molecule has 11 heteroatoms. The second-order valence-electron chi connectivity index (χ2n) is 5.33. The molecule has 146 valence electrons. The van der Waals surface area contributed by atoms with Gasteiger partial charge in [-0.3, -0.25) is 14.5 Å². The van der Waals surface area contributed by atoms with Crippen molar-refractivity contribution in [1.82, 2.24) is 9.80 Å². The van der Waals surface area contributed by atoms with E-state index in [1.807, 2.05) is 0 Å². The summed E-state index contributed by atoms with van der Waals surface area (Å²) in [6.07, 6.45) is 1.47. The Labute approximate surface area is 154 Å². The van der Waals surface area contributed by atoms with E-state index in [1.165, 1.54) is 27.0 Å². The normalized spacial score (nSPS) is 17.9. The maximum absolute atomic E-state index is 12.5. The van der Waals surface area contributed by atoms with E-state index in [1.54, 1.807) is 0 Å². The number of aliphatic carboxylic acids is 1. The van der Waals surface area contributed by atoms with Crippen molar-refractivity contribution in [1.29, 1.82) is 5.26 Å². The first kappa shape index (κ1) is 21.6. The van der Waals surface area contributed by atoms with Crippen molar-refractivity contribution in [2.24, 2.45) is 0 Å². The molecule has 1 aliphatic heterocycles. The van der Waals surface area contributed by atoms with Crippen LogP contribution in [0.25, 0.3) is 0 Å². The van der Waals surface area contributed by atoms with Crippen LogP contribution in [0.1, 0.15) is 27.7 Å². The summed E-state index contributed by atoms with van der Waals surface area (Å²) in [5.74, 6) is -5.44. The molecule has 1 saturated heterocycles. The summed E-state index contributed by atoms with van der Waals surface area (Å²) in [6.45, 7) is 5.04. The number of hydrogen-bond acceptors (Lipinski definition) is 8. The third kappa shape index (κ3) is 4.05. The monoisotopic (exact) mass is 381 g/mol. The summed E-state index contributed by atoms with van der Waals surface area (Å²) in [5.41, 5.74) is -0.940. The van der Waals surface area contributed by atoms with Gasteiger partial charge in [-0.25, -0.2) is 19.3 Å². The number of nitrogens with zero attached hydrogens (tertiary/aromatic N) is 3. The van der Waals surface area contributed by atoms with Crippen LogP contribution < -0.4 is 0 Å². The van der Waals surface area contributed by atoms with Gasteiger partial charge in [0.05, 0.1) is 13.2 Å². The zero-order valence-electron chi connectivity index (χ0n) is 15.2. The van der Waals surface area contributed by atoms with Gasteiger partial charge < -0.3 is 14.6 Å². The molecule has 0 aliphatic carbocycles. The van der Waals surface area contributed by atoms with Crippen LogP contribution in [-0.4, -0.2) is 69.9 Å². The number of carboxylic acids is 1. The van der Waals surface area contributed by atoms with Gasteiger partial charge in [-0.2, -0.15) is 5.26 Å². The lowest BCUT2D eigenvalue weighted by Gasteiger charge is -2.46. The van der Waals surface area contributed by atoms with E-state index in [-0.39, 0.29) is 18.9 Å². The summed E-state index contributed by atoms with van der Waals surface area (Å²) >= 11 is 0. The molecule has 11 nitrogen and oxygen atoms in total. The predicted octanol–water partition coefficient (Wildman–Crippen LogP) is -0.620. The van der Waals surface area contributed by atoms with Crippen LogP contribution in [-0.2, 0) is 33.4 Å². The number of ether oxygens (including phenoxy) is 2. The van der Waals surface area contributed by atoms with Crippen LogP contribution in [0.15, 0.2) is 11.3 Å². The molecular formula is C16H19N3O8. The molecule has 1 fully saturated rings. The van der Waals surface area contributed by atoms with Crippen LogP contribution in [0.5, 0.6) is 0 Å². The summed E-state index contributed by atoms with van der Waals surface area (Å²) in [7, 11) is 0. The van der Waals surface area contributed by atoms with Gasteiger partial charge in [0.25, 0.3) is 5.91 Å². The minimum atomic E-state index is -1.65. The van der Waals surface area contributed by atoms with Crippen molar-refractivity contribution in [3.05, 3.63) is 11.3 Å². The van der Waals surface area contributed by atoms with Gasteiger partial charge >= 0.3 is 17.9 Å². The van der Waals surface area contributed by atoms with E-state index in [4.69, 9.17) is 14.7 Å². The SMILES string of the molecule is CCOC(=O)C(C(=O)OCC)=C(C)N1C(=O)C(N(C#N)C(C)=O)C1C(=O)O. The number of amides is 2. The van der Waals surface area contributed by atoms with Gasteiger partial charge in [0.2, 0.25) is 5.91 Å². The molecule has 2 amide bonds. The lowest BCUT2D eigenvalue weighted by Crippen LogP contribution is -2.72. The Morgan fingerprint density at radius 3 is 1.96 bits per heavy atom. The highest BCUT2D eigenvalue weighted by Gasteiger charge is 2.57. The molecular weight excluding hydrogens is 362 g/mol. The lowest BCUT2D eigenvalue weighted by molar-refractivity contribution is -0.170. The Morgan fingerprint density at radius 1 is 1.15 bits per heavy atom. The van der Waals surface area contributed by atoms with Crippen molar-refractivity contribution < 1.29 is 38.6 Å². The average molecular weight is 381 g/mol. The van der Waals surface area contributed by atoms with E-state index >= 15 is 0 Å². The molecule has 0 spiro atoms. The maximum Gasteiger partial charge on any atom is 0.347 e. The van der Waals surface area contributed by atoms with E-state index in [9.17, 15) is 29.1 Å². The van der Waals surface area contributed by atoms with E-state index in [0.717, 1.165) is 6.92 Å². The highest BCUT2D eigenvalue weighted by atomic mass is 16.6. The molecule has 0 aromatic carbocycles. The zero-order chi connectivity index (χ0) is 20.9. The Hall–Kier alpha value is -3.42. The molecule has 0 aromatic heterocycles. The molecule has 0 bridgehead atoms. The first-order valence-corrected chi connectivity index (χ1v) is 7.94. The lowest BCUT2D eigenvalue weighted by atomic mass is 9.91. The largest absolute Gasteiger partial charge is 0.480 e. The minimum absolute atomic E-state index is 0.0690. The van der Waals surface area contributed by atoms with E-state index in [2.05, 4.69) is 0 Å². The van der Waals surface area contributed by atoms with Gasteiger partial charge in [-0.1, -0.05) is 0 Å². The van der Waals surface area contributed by atoms with Gasteiger partial charge in [0.1, 0.15) is 0 Å². The molecule has 2 atom stereocenters. The molecule has 1 rings (SSSR count). The highest BCUT2D eigenvalue weighted by molar-refractivity contribution is 6.15. The summed E-state index contributed by atoms with van der Waals surface area (Å²) in [5, 5.41) is 18.5. The quantitative estimate of drug-likeness (QED) is 0.115. The van der Waals surface area contributed by atoms with Crippen LogP contribution in [0.2, 0.25) is 0 Å². The van der Waals surface area contributed by atoms with Crippen LogP contribution >= 0.6 is 0 Å². The number of likely N-dealkylation sites (tertiary alicyclic amines) is 1. The number of carboxylic acid groups (broad SMARTS) is 1. The molecule has 0 aromatic rings. The summed E-state index contributed by atoms with van der Waals surface area (Å²) in [4.78, 5) is 60.9. The third-order valence-corrected chi connectivity index (χ3v) is 3.73. The van der Waals surface area contributed by atoms with Crippen molar-refractivity contribution >= 4 is 29.7 Å². The van der Waals surface area contributed by atoms with Gasteiger partial charge in [-0.05, 0) is 20.8 Å². The number of allylic oxidation sites excluding steroid dienone is 1. The fraction of sp³-hybridized carbons (Fsp3) is 0.500. The molecule has 0 radical (unpaired) electrons. The Balaban J connectivity index is 3.43. The third-order valence-electron chi connectivity index (χ3n) is 3.73. The fourth-order valence-corrected chi connectivity index (χ4v) is 2.58. The summed E-state index contributed by atoms with van der Waals surface area (Å²) < 4.78 is 9.55. The number of β-lactam (4-membered cyclic amide) rings is 1. The van der Waals surface area contributed by atoms with Crippen molar-refractivity contribution in [3.8, 4) is 6.19 Å². The molecule has 2 unspecified atom stereocenters. The molecule has 0 saturated carbocycles. The van der Waals surface area contributed by atoms with Crippen molar-refractivity contribution in [2.75, 3.05) is 13.2 Å². The number of carbonyl (C=O) groups excluding carboxylic acids is 4. The van der Waals surface area contributed by atoms with Crippen molar-refractivity contribution in [2.45, 2.75) is 39.8 Å². The summed E-state index contributed by atoms with van der Waals surface area (Å²) in [6, 6.07) is -3.23. The van der Waals surface area contributed by atoms with Gasteiger partial charge in [0.15, 0.2) is 23.8 Å². The predicted molar refractivity (Wildman–Crippen MR) is 86.2 cm³/mol. The standard InChI is InChI=1S/C16H19N3O8/c1-5-26-15(24)10(16(25)27-6-2)8(3)19-12(14(22)23)11(13(19)21)18(7-17)9(4)20/h11-12H,5-6H2,1-4H3,(H,22,23). The number of nitriles is 1. The number of hydrogen-bond donors (Lipinski definition) is 1. The second-order valence-corrected chi connectivity index (χ2v) is 5.33. The Bertz CT molecular complexity index is 731. The molecule has 1 heterocycles. The fourth-order valence-electron chi connectivity index (χ4n) is 2.58. The van der Waals surface area contributed by atoms with Crippen LogP contribution in [0.3, 0.4) is 0 Å². The van der Waals surface area contributed by atoms with E-state index in [0.29, 0.717) is 9.80 Å². The first-order chi connectivity index (χ1) is 12.6. The second kappa shape index (κ2) is 8.79. The number of esters is 2. The van der Waals surface area contributed by atoms with Crippen LogP contribution in [0.4, 0.5) is 0 Å². The number of carbonyl (C=O) groups is 5. The van der Waals surface area contributed by atoms with Gasteiger partial charge in [0, 0.05) is 12.6 Å². The maximum atomic E-state index is 12.5. The molecule has 27 heavy (non-hydrogen) atoms. The Kier molecular flexibility index (Phi) is 7.04. The first-order valence-electron chi connectivity index (χ1n) is 7.94. The zero-order valence-corrected chi connectivity index (χ0v) is 15.2. The molecule has 1 N–H and O–H groups in total. The minimum Gasteiger partial charge on any atom is -0.480 e. The average Bonchev–Trinajstić information content (AvgIpc) is 2.56. The van der Waals surface area contributed by atoms with Crippen molar-refractivity contribution in [3.63, 3.8) is 0 Å². The van der Waals surface area contributed by atoms with E-state index < -0.39 is 47.4 Å². The topological polar surface area (TPSA) is 154 Å². The van der Waals surface area contributed by atoms with Crippen LogP contribution in [0, 0.1) is 11.5 Å². The Morgan fingerprint density at radius 2 is 1.63 bits per heavy atom. The number of rotatable bonds is 7. The highest BCUT2D eigenvalue weighted by Crippen LogP contribution is 2.31.